The number of thioether (sulfide) groups is 1. The van der Waals surface area contributed by atoms with Crippen molar-refractivity contribution in [2.45, 2.75) is 5.92 Å². The molecule has 0 atom stereocenters. The minimum Gasteiger partial charge on any atom is -0.353 e. The first-order chi connectivity index (χ1) is 14.6. The van der Waals surface area contributed by atoms with Crippen molar-refractivity contribution in [1.29, 1.82) is 10.5 Å². The van der Waals surface area contributed by atoms with Gasteiger partial charge in [-0.05, 0) is 40.5 Å². The Bertz CT molecular complexity index is 1040. The quantitative estimate of drug-likeness (QED) is 0.209. The Morgan fingerprint density at radius 1 is 1.00 bits per heavy atom. The summed E-state index contributed by atoms with van der Waals surface area (Å²) in [5.41, 5.74) is 0.744. The molecule has 0 saturated heterocycles. The van der Waals surface area contributed by atoms with Gasteiger partial charge in [-0.15, -0.1) is 0 Å². The SMILES string of the molecule is CN(C)/C(Cl)=N/C1=C(C#N)C(c2ccc([N+](=O)[O-])cc2)C(C#N)=C(/N=C(\Cl)N(C)C)S1. The Morgan fingerprint density at radius 2 is 1.42 bits per heavy atom. The molecule has 1 aliphatic heterocycles. The Labute approximate surface area is 193 Å². The van der Waals surface area contributed by atoms with Gasteiger partial charge in [-0.1, -0.05) is 12.1 Å². The Balaban J connectivity index is 2.79. The lowest BCUT2D eigenvalue weighted by atomic mass is 9.85. The Hall–Kier alpha value is -3.05. The van der Waals surface area contributed by atoms with Gasteiger partial charge in [0.2, 0.25) is 0 Å². The molecule has 12 heteroatoms. The lowest BCUT2D eigenvalue weighted by Crippen LogP contribution is -2.19. The first kappa shape index (κ1) is 24.2. The van der Waals surface area contributed by atoms with Crippen molar-refractivity contribution in [2.24, 2.45) is 9.98 Å². The second-order valence-electron chi connectivity index (χ2n) is 6.60. The van der Waals surface area contributed by atoms with E-state index in [1.54, 1.807) is 38.0 Å². The van der Waals surface area contributed by atoms with E-state index < -0.39 is 10.8 Å². The molecule has 160 valence electrons. The second kappa shape index (κ2) is 10.3. The summed E-state index contributed by atoms with van der Waals surface area (Å²) in [5.74, 6) is -0.840. The van der Waals surface area contributed by atoms with Crippen molar-refractivity contribution in [3.8, 4) is 12.1 Å². The highest BCUT2D eigenvalue weighted by Gasteiger charge is 2.34. The Kier molecular flexibility index (Phi) is 8.06. The fourth-order valence-corrected chi connectivity index (χ4v) is 3.74. The maximum Gasteiger partial charge on any atom is 0.269 e. The number of nitriles is 2. The fraction of sp³-hybridized carbons (Fsp3) is 0.263. The predicted octanol–water partition coefficient (Wildman–Crippen LogP) is 4.21. The average Bonchev–Trinajstić information content (AvgIpc) is 2.73. The summed E-state index contributed by atoms with van der Waals surface area (Å²) in [6.45, 7) is 0. The molecule has 1 aliphatic rings. The number of halogens is 2. The molecule has 0 radical (unpaired) electrons. The zero-order chi connectivity index (χ0) is 23.3. The maximum atomic E-state index is 11.0. The number of nitro benzene ring substituents is 1. The third-order valence-corrected chi connectivity index (χ3v) is 5.89. The molecule has 0 N–H and O–H groups in total. The molecule has 1 heterocycles. The van der Waals surface area contributed by atoms with Crippen molar-refractivity contribution in [3.05, 3.63) is 61.1 Å². The molecule has 0 unspecified atom stereocenters. The van der Waals surface area contributed by atoms with E-state index in [0.717, 1.165) is 11.8 Å². The van der Waals surface area contributed by atoms with Gasteiger partial charge in [-0.25, -0.2) is 9.98 Å². The van der Waals surface area contributed by atoms with Crippen LogP contribution in [0.4, 0.5) is 5.69 Å². The second-order valence-corrected chi connectivity index (χ2v) is 8.25. The zero-order valence-corrected chi connectivity index (χ0v) is 19.3. The minimum absolute atomic E-state index is 0.110. The molecule has 1 aromatic carbocycles. The van der Waals surface area contributed by atoms with Gasteiger partial charge < -0.3 is 9.80 Å². The molecule has 0 aromatic heterocycles. The van der Waals surface area contributed by atoms with Crippen molar-refractivity contribution in [1.82, 2.24) is 9.80 Å². The summed E-state index contributed by atoms with van der Waals surface area (Å²) < 4.78 is 0. The van der Waals surface area contributed by atoms with Crippen LogP contribution in [-0.4, -0.2) is 53.5 Å². The minimum atomic E-state index is -0.840. The first-order valence-electron chi connectivity index (χ1n) is 8.64. The van der Waals surface area contributed by atoms with Crippen LogP contribution in [0.2, 0.25) is 0 Å². The summed E-state index contributed by atoms with van der Waals surface area (Å²) >= 11 is 13.4. The van der Waals surface area contributed by atoms with Crippen LogP contribution in [0.15, 0.2) is 55.5 Å². The highest BCUT2D eigenvalue weighted by Crippen LogP contribution is 2.47. The van der Waals surface area contributed by atoms with Crippen molar-refractivity contribution in [3.63, 3.8) is 0 Å². The van der Waals surface area contributed by atoms with Crippen LogP contribution in [0.3, 0.4) is 0 Å². The van der Waals surface area contributed by atoms with Crippen LogP contribution >= 0.6 is 35.0 Å². The molecule has 0 bridgehead atoms. The number of allylic oxidation sites excluding steroid dienone is 2. The third-order valence-electron chi connectivity index (χ3n) is 4.04. The average molecular weight is 478 g/mol. The number of amidine groups is 2. The number of aliphatic imine (C=N–C) groups is 2. The van der Waals surface area contributed by atoms with Crippen molar-refractivity contribution < 1.29 is 4.92 Å². The molecule has 1 aromatic rings. The maximum absolute atomic E-state index is 11.0. The van der Waals surface area contributed by atoms with Gasteiger partial charge in [-0.2, -0.15) is 10.5 Å². The number of hydrogen-bond acceptors (Lipinski definition) is 7. The summed E-state index contributed by atoms with van der Waals surface area (Å²) in [6, 6.07) is 9.84. The number of rotatable bonds is 4. The van der Waals surface area contributed by atoms with Crippen molar-refractivity contribution >= 4 is 51.2 Å². The molecular weight excluding hydrogens is 461 g/mol. The number of benzene rings is 1. The lowest BCUT2D eigenvalue weighted by Gasteiger charge is -2.24. The van der Waals surface area contributed by atoms with Gasteiger partial charge in [0.25, 0.3) is 5.69 Å². The predicted molar refractivity (Wildman–Crippen MR) is 123 cm³/mol. The van der Waals surface area contributed by atoms with Gasteiger partial charge in [0, 0.05) is 40.3 Å². The standard InChI is InChI=1S/C19H17Cl2N7O2S/c1-26(2)18(20)24-16-13(9-22)15(11-5-7-12(8-6-11)28(29)30)14(10-23)17(31-16)25-19(21)27(3)4/h5-8,15H,1-4H3/b24-18+,25-19+. The molecule has 2 rings (SSSR count). The first-order valence-corrected chi connectivity index (χ1v) is 10.2. The highest BCUT2D eigenvalue weighted by molar-refractivity contribution is 8.06. The topological polar surface area (TPSA) is 122 Å². The monoisotopic (exact) mass is 477 g/mol. The summed E-state index contributed by atoms with van der Waals surface area (Å²) in [5, 5.41) is 31.6. The molecule has 9 nitrogen and oxygen atoms in total. The van der Waals surface area contributed by atoms with Crippen LogP contribution in [-0.2, 0) is 0 Å². The molecule has 0 aliphatic carbocycles. The largest absolute Gasteiger partial charge is 0.353 e. The van der Waals surface area contributed by atoms with E-state index in [0.29, 0.717) is 5.56 Å². The normalized spacial score (nSPS) is 17.2. The van der Waals surface area contributed by atoms with Crippen molar-refractivity contribution in [2.75, 3.05) is 28.2 Å². The summed E-state index contributed by atoms with van der Waals surface area (Å²) in [6.07, 6.45) is 0. The van der Waals surface area contributed by atoms with E-state index in [4.69, 9.17) is 23.2 Å². The molecule has 0 saturated carbocycles. The summed E-state index contributed by atoms with van der Waals surface area (Å²) in [7, 11) is 6.77. The van der Waals surface area contributed by atoms with E-state index in [9.17, 15) is 20.6 Å². The van der Waals surface area contributed by atoms with Crippen LogP contribution in [0, 0.1) is 32.8 Å². The van der Waals surface area contributed by atoms with Gasteiger partial charge in [0.15, 0.2) is 10.6 Å². The third kappa shape index (κ3) is 5.56. The van der Waals surface area contributed by atoms with Gasteiger partial charge in [0.1, 0.15) is 10.1 Å². The van der Waals surface area contributed by atoms with Crippen LogP contribution < -0.4 is 0 Å². The van der Waals surface area contributed by atoms with Crippen LogP contribution in [0.25, 0.3) is 0 Å². The zero-order valence-electron chi connectivity index (χ0n) is 17.0. The lowest BCUT2D eigenvalue weighted by molar-refractivity contribution is -0.384. The number of hydrogen-bond donors (Lipinski definition) is 0. The van der Waals surface area contributed by atoms with E-state index in [1.165, 1.54) is 24.3 Å². The summed E-state index contributed by atoms with van der Waals surface area (Å²) in [4.78, 5) is 22.3. The molecule has 0 fully saturated rings. The van der Waals surface area contributed by atoms with Gasteiger partial charge in [-0.3, -0.25) is 10.1 Å². The molecule has 0 amide bonds. The van der Waals surface area contributed by atoms with Crippen LogP contribution in [0.1, 0.15) is 11.5 Å². The number of non-ortho nitro benzene ring substituents is 1. The molecular formula is C19H17Cl2N7O2S. The molecule has 31 heavy (non-hydrogen) atoms. The fourth-order valence-electron chi connectivity index (χ4n) is 2.47. The van der Waals surface area contributed by atoms with Gasteiger partial charge >= 0.3 is 0 Å². The van der Waals surface area contributed by atoms with E-state index in [-0.39, 0.29) is 37.5 Å². The number of nitrogens with zero attached hydrogens (tertiary/aromatic N) is 7. The molecule has 0 spiro atoms. The van der Waals surface area contributed by atoms with E-state index >= 15 is 0 Å². The Morgan fingerprint density at radius 3 is 1.74 bits per heavy atom. The van der Waals surface area contributed by atoms with E-state index in [2.05, 4.69) is 22.1 Å². The van der Waals surface area contributed by atoms with Crippen LogP contribution in [0.5, 0.6) is 0 Å². The smallest absolute Gasteiger partial charge is 0.269 e. The number of nitro groups is 1. The van der Waals surface area contributed by atoms with E-state index in [1.807, 2.05) is 0 Å². The van der Waals surface area contributed by atoms with Gasteiger partial charge in [0.05, 0.1) is 34.1 Å². The highest BCUT2D eigenvalue weighted by atomic mass is 35.5.